The molecular formula is C52H50Cl2SiZr. The van der Waals surface area contributed by atoms with Crippen LogP contribution in [0.4, 0.5) is 0 Å². The Morgan fingerprint density at radius 1 is 0.446 bits per heavy atom. The van der Waals surface area contributed by atoms with Crippen LogP contribution in [0.5, 0.6) is 0 Å². The minimum atomic E-state index is -2.44. The molecule has 2 unspecified atom stereocenters. The number of rotatable bonds is 10. The van der Waals surface area contributed by atoms with E-state index in [1.54, 1.807) is 43.8 Å². The van der Waals surface area contributed by atoms with E-state index >= 15 is 0 Å². The first-order chi connectivity index (χ1) is 26.5. The zero-order chi connectivity index (χ0) is 36.8. The second-order valence-electron chi connectivity index (χ2n) is 16.1. The van der Waals surface area contributed by atoms with E-state index in [1.165, 1.54) is 70.2 Å². The van der Waals surface area contributed by atoms with Gasteiger partial charge in [0.1, 0.15) is 0 Å². The Hall–Kier alpha value is -3.52. The van der Waals surface area contributed by atoms with Gasteiger partial charge >= 0.3 is 338 Å². The summed E-state index contributed by atoms with van der Waals surface area (Å²) in [5, 5.41) is 3.36. The van der Waals surface area contributed by atoms with E-state index in [1.807, 2.05) is 0 Å². The number of aryl methyl sites for hydroxylation is 2. The molecule has 0 nitrogen and oxygen atoms in total. The van der Waals surface area contributed by atoms with Crippen molar-refractivity contribution in [1.29, 1.82) is 0 Å². The molecule has 6 aromatic carbocycles. The number of unbranched alkanes of at least 4 members (excludes halogenated alkanes) is 2. The molecule has 4 bridgehead atoms. The molecule has 56 heavy (non-hydrogen) atoms. The summed E-state index contributed by atoms with van der Waals surface area (Å²) in [5.74, 6) is 0. The Labute approximate surface area is 360 Å². The van der Waals surface area contributed by atoms with Crippen molar-refractivity contribution in [3.63, 3.8) is 0 Å². The number of fused-ring (bicyclic) bond motifs is 8. The summed E-state index contributed by atoms with van der Waals surface area (Å²) in [6.07, 6.45) is 7.26. The average Bonchev–Trinajstić information content (AvgIpc) is 3.76. The maximum absolute atomic E-state index is 2.70. The van der Waals surface area contributed by atoms with Crippen molar-refractivity contribution in [2.75, 3.05) is 0 Å². The molecule has 0 saturated carbocycles. The number of benzene rings is 6. The van der Waals surface area contributed by atoms with Crippen molar-refractivity contribution >= 4 is 29.6 Å². The van der Waals surface area contributed by atoms with Crippen molar-refractivity contribution < 1.29 is 48.0 Å². The third-order valence-electron chi connectivity index (χ3n) is 12.4. The van der Waals surface area contributed by atoms with Gasteiger partial charge in [0.25, 0.3) is 0 Å². The Morgan fingerprint density at radius 2 is 0.839 bits per heavy atom. The normalized spacial score (nSPS) is 17.1. The molecular weight excluding hydrogens is 815 g/mol. The van der Waals surface area contributed by atoms with Crippen molar-refractivity contribution in [3.8, 4) is 22.3 Å². The largest absolute Gasteiger partial charge is 1.00 e. The van der Waals surface area contributed by atoms with Crippen LogP contribution < -0.4 is 24.8 Å². The van der Waals surface area contributed by atoms with Gasteiger partial charge in [-0.05, 0) is 0 Å². The van der Waals surface area contributed by atoms with Gasteiger partial charge in [0.15, 0.2) is 0 Å². The standard InChI is InChI=1S/C52H50Si.2ClH.Zr/c1-5-7-17-37-27-31-41(32-28-37)45-25-15-23-43-35-47(39-19-11-9-12-20-39)51(49(43)45)53(3,4)52-48(40-21-13-10-14-22-40)36-44-24-16-26-46(50(44)52)42-33-29-38(30-34-42)18-8-6-2;;;/h9-16,19-36H,5-8,17-18H2,1-4H3;2*1H;/q;;;+2/p-2. The molecule has 1 aliphatic heterocycles. The Morgan fingerprint density at radius 3 is 1.21 bits per heavy atom. The fourth-order valence-electron chi connectivity index (χ4n) is 9.79. The van der Waals surface area contributed by atoms with E-state index in [0.717, 1.165) is 12.8 Å². The second-order valence-corrected chi connectivity index (χ2v) is 24.0. The van der Waals surface area contributed by atoms with Crippen molar-refractivity contribution in [3.05, 3.63) is 190 Å². The van der Waals surface area contributed by atoms with Crippen LogP contribution in [0.15, 0.2) is 146 Å². The summed E-state index contributed by atoms with van der Waals surface area (Å²) in [6.45, 7) is 9.98. The van der Waals surface area contributed by atoms with Crippen LogP contribution in [-0.4, -0.2) is 8.07 Å². The molecule has 280 valence electrons. The van der Waals surface area contributed by atoms with Gasteiger partial charge in [-0.1, -0.05) is 0 Å². The van der Waals surface area contributed by atoms with E-state index in [9.17, 15) is 0 Å². The summed E-state index contributed by atoms with van der Waals surface area (Å²) < 4.78 is 0.962. The van der Waals surface area contributed by atoms with Gasteiger partial charge < -0.3 is 24.8 Å². The minimum absolute atomic E-state index is 0. The van der Waals surface area contributed by atoms with Gasteiger partial charge in [0, 0.05) is 0 Å². The molecule has 0 radical (unpaired) electrons. The summed E-state index contributed by atoms with van der Waals surface area (Å²) in [4.78, 5) is 0. The fraction of sp³-hybridized carbons (Fsp3) is 0.231. The zero-order valence-corrected chi connectivity index (χ0v) is 38.0. The molecule has 9 rings (SSSR count). The van der Waals surface area contributed by atoms with E-state index in [-0.39, 0.29) is 24.8 Å². The van der Waals surface area contributed by atoms with Crippen molar-refractivity contribution in [1.82, 2.24) is 0 Å². The van der Waals surface area contributed by atoms with E-state index < -0.39 is 31.3 Å². The monoisotopic (exact) mass is 862 g/mol. The number of hydrogen-bond donors (Lipinski definition) is 0. The fourth-order valence-corrected chi connectivity index (χ4v) is 19.7. The maximum atomic E-state index is 2.70. The van der Waals surface area contributed by atoms with Crippen molar-refractivity contribution in [2.24, 2.45) is 0 Å². The van der Waals surface area contributed by atoms with Crippen LogP contribution in [-0.2, 0) is 36.1 Å². The van der Waals surface area contributed by atoms with E-state index in [0.29, 0.717) is 7.25 Å². The SMILES string of the molecule is CCCCc1ccc(-c2cccc3c2C2=C(c4ccccc4)[CH]3[Zr+2][CH]3C(c4ccccc4)=C(c4c(-c5ccc(CCCC)cc5)cccc43)[Si]2(C)C)cc1.[Cl-].[Cl-]. The first-order valence-corrected chi connectivity index (χ1v) is 26.1. The third-order valence-corrected chi connectivity index (χ3v) is 20.5. The van der Waals surface area contributed by atoms with Gasteiger partial charge in [0.05, 0.1) is 0 Å². The minimum Gasteiger partial charge on any atom is -1.00 e. The smallest absolute Gasteiger partial charge is 1.00 e. The van der Waals surface area contributed by atoms with E-state index in [4.69, 9.17) is 0 Å². The molecule has 6 aromatic rings. The Balaban J connectivity index is 0.00000240. The third kappa shape index (κ3) is 7.04. The van der Waals surface area contributed by atoms with Gasteiger partial charge in [0.2, 0.25) is 0 Å². The molecule has 0 spiro atoms. The number of halogens is 2. The number of hydrogen-bond acceptors (Lipinski definition) is 0. The van der Waals surface area contributed by atoms with Crippen LogP contribution in [0, 0.1) is 0 Å². The molecule has 4 heteroatoms. The molecule has 0 N–H and O–H groups in total. The van der Waals surface area contributed by atoms with Crippen LogP contribution >= 0.6 is 0 Å². The Kier molecular flexibility index (Phi) is 12.4. The summed E-state index contributed by atoms with van der Waals surface area (Å²) in [6, 6.07) is 57.0. The van der Waals surface area contributed by atoms with Crippen LogP contribution in [0.2, 0.25) is 13.1 Å². The van der Waals surface area contributed by atoms with Crippen LogP contribution in [0.3, 0.4) is 0 Å². The van der Waals surface area contributed by atoms with Gasteiger partial charge in [-0.3, -0.25) is 0 Å². The Bertz CT molecular complexity index is 2220. The summed E-state index contributed by atoms with van der Waals surface area (Å²) in [5.41, 5.74) is 21.0. The summed E-state index contributed by atoms with van der Waals surface area (Å²) >= 11 is -1.22. The van der Waals surface area contributed by atoms with E-state index in [2.05, 4.69) is 173 Å². The average molecular weight is 865 g/mol. The van der Waals surface area contributed by atoms with Gasteiger partial charge in [-0.25, -0.2) is 0 Å². The molecule has 0 aromatic heterocycles. The van der Waals surface area contributed by atoms with Gasteiger partial charge in [-0.15, -0.1) is 0 Å². The molecule has 3 aliphatic rings. The predicted molar refractivity (Wildman–Crippen MR) is 230 cm³/mol. The predicted octanol–water partition coefficient (Wildman–Crippen LogP) is 8.23. The molecule has 2 aliphatic carbocycles. The van der Waals surface area contributed by atoms with Gasteiger partial charge in [-0.2, -0.15) is 0 Å². The number of allylic oxidation sites excluding steroid dienone is 2. The van der Waals surface area contributed by atoms with Crippen LogP contribution in [0.1, 0.15) is 91.3 Å². The maximum Gasteiger partial charge on any atom is -1.00 e. The summed E-state index contributed by atoms with van der Waals surface area (Å²) in [7, 11) is -2.44. The zero-order valence-electron chi connectivity index (χ0n) is 33.0. The first-order valence-electron chi connectivity index (χ1n) is 20.3. The molecule has 2 atom stereocenters. The molecule has 0 saturated heterocycles. The molecule has 0 amide bonds. The molecule has 1 heterocycles. The second kappa shape index (κ2) is 17.1. The topological polar surface area (TPSA) is 0 Å². The van der Waals surface area contributed by atoms with Crippen molar-refractivity contribution in [2.45, 2.75) is 72.7 Å². The molecule has 0 fully saturated rings. The quantitative estimate of drug-likeness (QED) is 0.122. The van der Waals surface area contributed by atoms with Crippen LogP contribution in [0.25, 0.3) is 43.8 Å². The first kappa shape index (κ1) is 40.7.